The van der Waals surface area contributed by atoms with E-state index in [1.165, 1.54) is 6.42 Å². The topological polar surface area (TPSA) is 72.5 Å². The number of esters is 1. The minimum Gasteiger partial charge on any atom is -0.453 e. The summed E-state index contributed by atoms with van der Waals surface area (Å²) in [6.45, 7) is 3.69. The van der Waals surface area contributed by atoms with Gasteiger partial charge in [-0.1, -0.05) is 31.4 Å². The molecule has 142 valence electrons. The van der Waals surface area contributed by atoms with E-state index in [0.29, 0.717) is 16.5 Å². The monoisotopic (exact) mass is 379 g/mol. The lowest BCUT2D eigenvalue weighted by Crippen LogP contribution is -2.46. The molecule has 0 saturated heterocycles. The quantitative estimate of drug-likeness (QED) is 0.575. The van der Waals surface area contributed by atoms with Gasteiger partial charge in [-0.25, -0.2) is 0 Å². The van der Waals surface area contributed by atoms with Crippen molar-refractivity contribution in [3.8, 4) is 0 Å². The first-order chi connectivity index (χ1) is 12.4. The number of halogens is 1. The molecule has 0 unspecified atom stereocenters. The number of nitrogens with one attached hydrogen (secondary N) is 1. The SMILES string of the molecule is C[C@@H]1CCCC[C@@H]1NC(=O)[C@@H](C)OC(=O)CCC(=O)c1ccc(Cl)cc1. The Bertz CT molecular complexity index is 644. The normalized spacial score (nSPS) is 20.9. The fourth-order valence-electron chi connectivity index (χ4n) is 3.14. The molecule has 1 N–H and O–H groups in total. The Morgan fingerprint density at radius 1 is 1.15 bits per heavy atom. The zero-order valence-corrected chi connectivity index (χ0v) is 16.1. The number of Topliss-reactive ketones (excluding diaryl/α,β-unsaturated/α-hetero) is 1. The molecule has 0 heterocycles. The van der Waals surface area contributed by atoms with E-state index in [0.717, 1.165) is 19.3 Å². The fourth-order valence-corrected chi connectivity index (χ4v) is 3.26. The van der Waals surface area contributed by atoms with Crippen molar-refractivity contribution < 1.29 is 19.1 Å². The highest BCUT2D eigenvalue weighted by Crippen LogP contribution is 2.23. The largest absolute Gasteiger partial charge is 0.453 e. The van der Waals surface area contributed by atoms with Gasteiger partial charge >= 0.3 is 5.97 Å². The van der Waals surface area contributed by atoms with Gasteiger partial charge in [0.05, 0.1) is 6.42 Å². The van der Waals surface area contributed by atoms with Gasteiger partial charge in [-0.2, -0.15) is 0 Å². The highest BCUT2D eigenvalue weighted by molar-refractivity contribution is 6.30. The minimum atomic E-state index is -0.859. The van der Waals surface area contributed by atoms with E-state index in [9.17, 15) is 14.4 Å². The van der Waals surface area contributed by atoms with Crippen LogP contribution in [0.3, 0.4) is 0 Å². The number of amides is 1. The maximum absolute atomic E-state index is 12.2. The molecule has 0 radical (unpaired) electrons. The van der Waals surface area contributed by atoms with Crippen molar-refractivity contribution in [3.63, 3.8) is 0 Å². The molecule has 0 bridgehead atoms. The number of carbonyl (C=O) groups is 3. The van der Waals surface area contributed by atoms with Crippen LogP contribution in [-0.2, 0) is 14.3 Å². The number of benzene rings is 1. The lowest BCUT2D eigenvalue weighted by molar-refractivity contribution is -0.155. The molecule has 26 heavy (non-hydrogen) atoms. The van der Waals surface area contributed by atoms with Crippen molar-refractivity contribution in [1.29, 1.82) is 0 Å². The molecule has 0 spiro atoms. The van der Waals surface area contributed by atoms with E-state index in [1.807, 2.05) is 0 Å². The predicted molar refractivity (Wildman–Crippen MR) is 100 cm³/mol. The van der Waals surface area contributed by atoms with Crippen LogP contribution in [0.25, 0.3) is 0 Å². The first-order valence-electron chi connectivity index (χ1n) is 9.15. The Hall–Kier alpha value is -1.88. The fraction of sp³-hybridized carbons (Fsp3) is 0.550. The van der Waals surface area contributed by atoms with E-state index >= 15 is 0 Å². The van der Waals surface area contributed by atoms with Gasteiger partial charge in [-0.3, -0.25) is 14.4 Å². The molecule has 3 atom stereocenters. The van der Waals surface area contributed by atoms with Crippen LogP contribution < -0.4 is 5.32 Å². The standard InChI is InChI=1S/C20H26ClNO4/c1-13-5-3-4-6-17(13)22-20(25)14(2)26-19(24)12-11-18(23)15-7-9-16(21)10-8-15/h7-10,13-14,17H,3-6,11-12H2,1-2H3,(H,22,25)/t13-,14-,17+/m1/s1. The van der Waals surface area contributed by atoms with Crippen LogP contribution in [0.5, 0.6) is 0 Å². The van der Waals surface area contributed by atoms with E-state index in [1.54, 1.807) is 31.2 Å². The van der Waals surface area contributed by atoms with E-state index < -0.39 is 12.1 Å². The zero-order chi connectivity index (χ0) is 19.1. The Morgan fingerprint density at radius 3 is 2.46 bits per heavy atom. The van der Waals surface area contributed by atoms with Gasteiger partial charge in [0.1, 0.15) is 0 Å². The third-order valence-corrected chi connectivity index (χ3v) is 5.09. The molecule has 0 aromatic heterocycles. The molecule has 5 nitrogen and oxygen atoms in total. The van der Waals surface area contributed by atoms with Crippen molar-refractivity contribution in [1.82, 2.24) is 5.32 Å². The van der Waals surface area contributed by atoms with Gasteiger partial charge in [-0.15, -0.1) is 0 Å². The van der Waals surface area contributed by atoms with Crippen LogP contribution >= 0.6 is 11.6 Å². The zero-order valence-electron chi connectivity index (χ0n) is 15.3. The van der Waals surface area contributed by atoms with Gasteiger partial charge in [0, 0.05) is 23.0 Å². The molecule has 1 saturated carbocycles. The number of hydrogen-bond acceptors (Lipinski definition) is 4. The van der Waals surface area contributed by atoms with Crippen molar-refractivity contribution in [2.24, 2.45) is 5.92 Å². The Labute approximate surface area is 159 Å². The average molecular weight is 380 g/mol. The number of ether oxygens (including phenoxy) is 1. The molecule has 1 aliphatic carbocycles. The van der Waals surface area contributed by atoms with Gasteiger partial charge in [-0.05, 0) is 49.9 Å². The van der Waals surface area contributed by atoms with Gasteiger partial charge in [0.2, 0.25) is 0 Å². The van der Waals surface area contributed by atoms with Gasteiger partial charge in [0.25, 0.3) is 5.91 Å². The molecule has 1 aromatic rings. The molecular formula is C20H26ClNO4. The third-order valence-electron chi connectivity index (χ3n) is 4.84. The summed E-state index contributed by atoms with van der Waals surface area (Å²) in [5.41, 5.74) is 0.499. The third kappa shape index (κ3) is 6.13. The maximum Gasteiger partial charge on any atom is 0.307 e. The highest BCUT2D eigenvalue weighted by Gasteiger charge is 2.26. The van der Waals surface area contributed by atoms with Crippen molar-refractivity contribution in [3.05, 3.63) is 34.9 Å². The molecular weight excluding hydrogens is 354 g/mol. The number of ketones is 1. The molecule has 2 rings (SSSR count). The summed E-state index contributed by atoms with van der Waals surface area (Å²) in [7, 11) is 0. The predicted octanol–water partition coefficient (Wildman–Crippen LogP) is 3.93. The molecule has 1 aromatic carbocycles. The lowest BCUT2D eigenvalue weighted by Gasteiger charge is -2.30. The summed E-state index contributed by atoms with van der Waals surface area (Å²) in [6.07, 6.45) is 3.49. The molecule has 1 fully saturated rings. The summed E-state index contributed by atoms with van der Waals surface area (Å²) >= 11 is 5.79. The van der Waals surface area contributed by atoms with Crippen molar-refractivity contribution in [2.75, 3.05) is 0 Å². The molecule has 1 aliphatic rings. The Balaban J connectivity index is 1.74. The van der Waals surface area contributed by atoms with Gasteiger partial charge < -0.3 is 10.1 Å². The van der Waals surface area contributed by atoms with Crippen LogP contribution in [0.1, 0.15) is 62.7 Å². The number of rotatable bonds is 7. The second-order valence-electron chi connectivity index (χ2n) is 6.94. The highest BCUT2D eigenvalue weighted by atomic mass is 35.5. The first-order valence-corrected chi connectivity index (χ1v) is 9.53. The van der Waals surface area contributed by atoms with Crippen LogP contribution in [0.4, 0.5) is 0 Å². The molecule has 0 aliphatic heterocycles. The number of carbonyl (C=O) groups excluding carboxylic acids is 3. The second kappa shape index (κ2) is 9.72. The van der Waals surface area contributed by atoms with Crippen molar-refractivity contribution in [2.45, 2.75) is 64.5 Å². The van der Waals surface area contributed by atoms with E-state index in [-0.39, 0.29) is 30.6 Å². The van der Waals surface area contributed by atoms with Crippen LogP contribution in [0, 0.1) is 5.92 Å². The summed E-state index contributed by atoms with van der Waals surface area (Å²) in [5.74, 6) is -0.549. The smallest absolute Gasteiger partial charge is 0.307 e. The summed E-state index contributed by atoms with van der Waals surface area (Å²) in [6, 6.07) is 6.65. The first kappa shape index (κ1) is 20.4. The van der Waals surface area contributed by atoms with Crippen LogP contribution in [0.2, 0.25) is 5.02 Å². The van der Waals surface area contributed by atoms with Crippen LogP contribution in [-0.4, -0.2) is 29.8 Å². The summed E-state index contributed by atoms with van der Waals surface area (Å²) < 4.78 is 5.17. The minimum absolute atomic E-state index is 0.0362. The number of hydrogen-bond donors (Lipinski definition) is 1. The maximum atomic E-state index is 12.2. The van der Waals surface area contributed by atoms with E-state index in [4.69, 9.17) is 16.3 Å². The summed E-state index contributed by atoms with van der Waals surface area (Å²) in [5, 5.41) is 3.52. The lowest BCUT2D eigenvalue weighted by atomic mass is 9.86. The van der Waals surface area contributed by atoms with E-state index in [2.05, 4.69) is 12.2 Å². The van der Waals surface area contributed by atoms with Crippen molar-refractivity contribution >= 4 is 29.3 Å². The Kier molecular flexibility index (Phi) is 7.64. The Morgan fingerprint density at radius 2 is 1.81 bits per heavy atom. The summed E-state index contributed by atoms with van der Waals surface area (Å²) in [4.78, 5) is 36.2. The van der Waals surface area contributed by atoms with Gasteiger partial charge in [0.15, 0.2) is 11.9 Å². The van der Waals surface area contributed by atoms with Crippen LogP contribution in [0.15, 0.2) is 24.3 Å². The average Bonchev–Trinajstić information content (AvgIpc) is 2.62. The molecule has 1 amide bonds. The molecule has 6 heteroatoms. The second-order valence-corrected chi connectivity index (χ2v) is 7.38.